The summed E-state index contributed by atoms with van der Waals surface area (Å²) < 4.78 is 10.3. The third kappa shape index (κ3) is 3.77. The average molecular weight is 354 g/mol. The highest BCUT2D eigenvalue weighted by Crippen LogP contribution is 2.39. The minimum atomic E-state index is -0.665. The number of rotatable bonds is 5. The molecule has 6 nitrogen and oxygen atoms in total. The molecule has 136 valence electrons. The normalized spacial score (nSPS) is 16.7. The van der Waals surface area contributed by atoms with Gasteiger partial charge in [0.2, 0.25) is 0 Å². The molecule has 2 rings (SSSR count). The molecule has 0 aromatic heterocycles. The fraction of sp³-hybridized carbons (Fsp3) is 0.350. The molecule has 0 spiro atoms. The van der Waals surface area contributed by atoms with Crippen molar-refractivity contribution in [3.8, 4) is 6.07 Å². The molecule has 1 aromatic carbocycles. The smallest absolute Gasteiger partial charge is 0.336 e. The zero-order valence-electron chi connectivity index (χ0n) is 15.4. The maximum Gasteiger partial charge on any atom is 0.336 e. The number of ether oxygens (including phenoxy) is 2. The molecular weight excluding hydrogens is 332 g/mol. The second-order valence-electron chi connectivity index (χ2n) is 6.00. The van der Waals surface area contributed by atoms with E-state index < -0.39 is 17.9 Å². The highest BCUT2D eigenvalue weighted by Gasteiger charge is 2.37. The number of nitrogens with zero attached hydrogens (tertiary/aromatic N) is 1. The summed E-state index contributed by atoms with van der Waals surface area (Å²) >= 11 is 0. The number of carbonyl (C=O) groups excluding carboxylic acids is 2. The fourth-order valence-electron chi connectivity index (χ4n) is 3.04. The largest absolute Gasteiger partial charge is 0.466 e. The van der Waals surface area contributed by atoms with E-state index >= 15 is 0 Å². The van der Waals surface area contributed by atoms with Gasteiger partial charge < -0.3 is 14.8 Å². The van der Waals surface area contributed by atoms with Crippen LogP contribution < -0.4 is 5.32 Å². The van der Waals surface area contributed by atoms with Gasteiger partial charge in [0.25, 0.3) is 0 Å². The van der Waals surface area contributed by atoms with Crippen LogP contribution in [0.4, 0.5) is 0 Å². The Morgan fingerprint density at radius 2 is 1.85 bits per heavy atom. The van der Waals surface area contributed by atoms with Crippen molar-refractivity contribution in [2.45, 2.75) is 33.1 Å². The number of hydrogen-bond acceptors (Lipinski definition) is 6. The number of allylic oxidation sites excluding steroid dienone is 2. The zero-order chi connectivity index (χ0) is 19.3. The van der Waals surface area contributed by atoms with Crippen molar-refractivity contribution in [1.82, 2.24) is 5.32 Å². The van der Waals surface area contributed by atoms with Crippen LogP contribution >= 0.6 is 0 Å². The van der Waals surface area contributed by atoms with Gasteiger partial charge in [-0.05, 0) is 38.0 Å². The highest BCUT2D eigenvalue weighted by atomic mass is 16.5. The Bertz CT molecular complexity index is 830. The van der Waals surface area contributed by atoms with Crippen LogP contribution in [0.2, 0.25) is 0 Å². The summed E-state index contributed by atoms with van der Waals surface area (Å²) in [6.45, 7) is 5.72. The minimum Gasteiger partial charge on any atom is -0.466 e. The molecule has 1 aromatic rings. The number of dihydropyridines is 1. The van der Waals surface area contributed by atoms with Crippen molar-refractivity contribution in [2.24, 2.45) is 0 Å². The lowest BCUT2D eigenvalue weighted by Gasteiger charge is -2.30. The van der Waals surface area contributed by atoms with Crippen LogP contribution in [0, 0.1) is 11.3 Å². The second kappa shape index (κ2) is 8.34. The first-order chi connectivity index (χ1) is 12.4. The van der Waals surface area contributed by atoms with Crippen LogP contribution in [0.1, 0.15) is 44.2 Å². The number of nitrogens with one attached hydrogen (secondary N) is 1. The Kier molecular flexibility index (Phi) is 6.18. The lowest BCUT2D eigenvalue weighted by atomic mass is 9.80. The Morgan fingerprint density at radius 3 is 2.42 bits per heavy atom. The van der Waals surface area contributed by atoms with Crippen LogP contribution in [0.5, 0.6) is 0 Å². The van der Waals surface area contributed by atoms with Crippen molar-refractivity contribution >= 4 is 11.9 Å². The molecule has 1 unspecified atom stereocenters. The SMILES string of the molecule is CCCOC(=O)C1=C(C)NC(C)=C(C(=O)OC)C1c1cccc(C#N)c1. The molecule has 0 radical (unpaired) electrons. The molecule has 0 aliphatic carbocycles. The summed E-state index contributed by atoms with van der Waals surface area (Å²) in [7, 11) is 1.30. The first-order valence-electron chi connectivity index (χ1n) is 8.38. The number of benzene rings is 1. The average Bonchev–Trinajstić information content (AvgIpc) is 2.64. The van der Waals surface area contributed by atoms with Crippen LogP contribution in [-0.4, -0.2) is 25.7 Å². The topological polar surface area (TPSA) is 88.4 Å². The molecule has 1 aliphatic heterocycles. The van der Waals surface area contributed by atoms with Crippen molar-refractivity contribution in [1.29, 1.82) is 5.26 Å². The first kappa shape index (κ1) is 19.3. The lowest BCUT2D eigenvalue weighted by molar-refractivity contribution is -0.139. The van der Waals surface area contributed by atoms with Gasteiger partial charge in [0.05, 0.1) is 42.4 Å². The van der Waals surface area contributed by atoms with Crippen LogP contribution in [0.15, 0.2) is 46.8 Å². The van der Waals surface area contributed by atoms with Gasteiger partial charge in [0.15, 0.2) is 0 Å². The zero-order valence-corrected chi connectivity index (χ0v) is 15.4. The third-order valence-corrected chi connectivity index (χ3v) is 4.17. The van der Waals surface area contributed by atoms with Gasteiger partial charge in [-0.15, -0.1) is 0 Å². The summed E-state index contributed by atoms with van der Waals surface area (Å²) in [5, 5.41) is 12.3. The van der Waals surface area contributed by atoms with Crippen molar-refractivity contribution in [3.05, 3.63) is 57.9 Å². The van der Waals surface area contributed by atoms with Gasteiger partial charge in [0.1, 0.15) is 0 Å². The maximum atomic E-state index is 12.7. The summed E-state index contributed by atoms with van der Waals surface area (Å²) in [6, 6.07) is 8.94. The van der Waals surface area contributed by atoms with Crippen molar-refractivity contribution < 1.29 is 19.1 Å². The lowest BCUT2D eigenvalue weighted by Crippen LogP contribution is -2.32. The van der Waals surface area contributed by atoms with E-state index in [1.165, 1.54) is 7.11 Å². The number of nitriles is 1. The van der Waals surface area contributed by atoms with Crippen LogP contribution in [0.3, 0.4) is 0 Å². The molecule has 1 N–H and O–H groups in total. The monoisotopic (exact) mass is 354 g/mol. The van der Waals surface area contributed by atoms with E-state index in [4.69, 9.17) is 9.47 Å². The summed E-state index contributed by atoms with van der Waals surface area (Å²) in [5.74, 6) is -1.69. The molecule has 0 saturated heterocycles. The van der Waals surface area contributed by atoms with E-state index in [2.05, 4.69) is 11.4 Å². The molecule has 0 bridgehead atoms. The molecular formula is C20H22N2O4. The molecule has 6 heteroatoms. The highest BCUT2D eigenvalue weighted by molar-refractivity contribution is 5.99. The predicted octanol–water partition coefficient (Wildman–Crippen LogP) is 2.92. The van der Waals surface area contributed by atoms with Gasteiger partial charge >= 0.3 is 11.9 Å². The van der Waals surface area contributed by atoms with Crippen LogP contribution in [-0.2, 0) is 19.1 Å². The molecule has 0 amide bonds. The Labute approximate surface area is 153 Å². The number of hydrogen-bond donors (Lipinski definition) is 1. The van der Waals surface area contributed by atoms with E-state index in [9.17, 15) is 14.9 Å². The van der Waals surface area contributed by atoms with E-state index in [0.29, 0.717) is 40.1 Å². The molecule has 1 atom stereocenters. The Hall–Kier alpha value is -3.07. The van der Waals surface area contributed by atoms with Gasteiger partial charge in [0, 0.05) is 11.4 Å². The molecule has 1 aliphatic rings. The van der Waals surface area contributed by atoms with Gasteiger partial charge in [-0.3, -0.25) is 0 Å². The Morgan fingerprint density at radius 1 is 1.19 bits per heavy atom. The molecule has 0 fully saturated rings. The number of carbonyl (C=O) groups is 2. The summed E-state index contributed by atoms with van der Waals surface area (Å²) in [6.07, 6.45) is 0.693. The predicted molar refractivity (Wildman–Crippen MR) is 95.7 cm³/mol. The fourth-order valence-corrected chi connectivity index (χ4v) is 3.04. The number of esters is 2. The first-order valence-corrected chi connectivity index (χ1v) is 8.38. The minimum absolute atomic E-state index is 0.289. The van der Waals surface area contributed by atoms with Gasteiger partial charge in [-0.25, -0.2) is 9.59 Å². The van der Waals surface area contributed by atoms with E-state index in [1.807, 2.05) is 6.92 Å². The molecule has 1 heterocycles. The molecule has 0 saturated carbocycles. The molecule has 26 heavy (non-hydrogen) atoms. The van der Waals surface area contributed by atoms with E-state index in [-0.39, 0.29) is 6.61 Å². The van der Waals surface area contributed by atoms with Crippen molar-refractivity contribution in [3.63, 3.8) is 0 Å². The van der Waals surface area contributed by atoms with E-state index in [0.717, 1.165) is 0 Å². The standard InChI is InChI=1S/C20H22N2O4/c1-5-9-26-20(24)17-13(3)22-12(2)16(19(23)25-4)18(17)15-8-6-7-14(10-15)11-21/h6-8,10,18,22H,5,9H2,1-4H3. The Balaban J connectivity index is 2.64. The van der Waals surface area contributed by atoms with Crippen molar-refractivity contribution in [2.75, 3.05) is 13.7 Å². The maximum absolute atomic E-state index is 12.7. The van der Waals surface area contributed by atoms with Gasteiger partial charge in [-0.1, -0.05) is 19.1 Å². The third-order valence-electron chi connectivity index (χ3n) is 4.17. The summed E-state index contributed by atoms with van der Waals surface area (Å²) in [4.78, 5) is 25.2. The van der Waals surface area contributed by atoms with Crippen LogP contribution in [0.25, 0.3) is 0 Å². The number of methoxy groups -OCH3 is 1. The summed E-state index contributed by atoms with van der Waals surface area (Å²) in [5.41, 5.74) is 3.00. The second-order valence-corrected chi connectivity index (χ2v) is 6.00. The van der Waals surface area contributed by atoms with E-state index in [1.54, 1.807) is 38.1 Å². The quantitative estimate of drug-likeness (QED) is 0.818. The van der Waals surface area contributed by atoms with Gasteiger partial charge in [-0.2, -0.15) is 5.26 Å².